The third kappa shape index (κ3) is 3.38. The Kier molecular flexibility index (Phi) is 5.21. The van der Waals surface area contributed by atoms with E-state index in [1.54, 1.807) is 67.6 Å². The van der Waals surface area contributed by atoms with Crippen LogP contribution in [0.25, 0.3) is 22.3 Å². The first-order valence-corrected chi connectivity index (χ1v) is 9.97. The van der Waals surface area contributed by atoms with Gasteiger partial charge in [0.2, 0.25) is 0 Å². The average Bonchev–Trinajstić information content (AvgIpc) is 2.67. The number of phenols is 1. The van der Waals surface area contributed by atoms with Gasteiger partial charge in [0.05, 0.1) is 4.90 Å². The highest BCUT2D eigenvalue weighted by atomic mass is 32.2. The Bertz CT molecular complexity index is 1090. The maximum Gasteiger partial charge on any atom is 0.501 e. The van der Waals surface area contributed by atoms with Crippen molar-refractivity contribution in [1.29, 1.82) is 0 Å². The van der Waals surface area contributed by atoms with E-state index in [-0.39, 0.29) is 28.9 Å². The summed E-state index contributed by atoms with van der Waals surface area (Å²) in [6.07, 6.45) is -0.00248. The molecule has 0 aromatic heterocycles. The maximum atomic E-state index is 13.4. The van der Waals surface area contributed by atoms with Crippen LogP contribution in [-0.2, 0) is 16.3 Å². The zero-order valence-electron chi connectivity index (χ0n) is 14.9. The van der Waals surface area contributed by atoms with Gasteiger partial charge in [-0.15, -0.1) is 0 Å². The summed E-state index contributed by atoms with van der Waals surface area (Å²) in [5, 5.41) is 10.9. The molecule has 0 saturated heterocycles. The van der Waals surface area contributed by atoms with E-state index in [1.165, 1.54) is 0 Å². The quantitative estimate of drug-likeness (QED) is 0.615. The van der Waals surface area contributed by atoms with Crippen molar-refractivity contribution in [2.75, 3.05) is 0 Å². The van der Waals surface area contributed by atoms with Gasteiger partial charge in [-0.2, -0.15) is 13.2 Å². The van der Waals surface area contributed by atoms with Crippen LogP contribution >= 0.6 is 0 Å². The number of halogens is 3. The first-order chi connectivity index (χ1) is 13.2. The molecule has 3 rings (SSSR count). The molecule has 0 amide bonds. The van der Waals surface area contributed by atoms with Crippen LogP contribution in [0, 0.1) is 0 Å². The van der Waals surface area contributed by atoms with Gasteiger partial charge in [-0.3, -0.25) is 0 Å². The van der Waals surface area contributed by atoms with Crippen molar-refractivity contribution in [2.24, 2.45) is 0 Å². The number of benzene rings is 3. The van der Waals surface area contributed by atoms with Crippen LogP contribution in [0.15, 0.2) is 71.6 Å². The van der Waals surface area contributed by atoms with Crippen LogP contribution in [-0.4, -0.2) is 19.0 Å². The smallest absolute Gasteiger partial charge is 0.501 e. The zero-order chi connectivity index (χ0) is 20.5. The molecular weight excluding hydrogens is 389 g/mol. The van der Waals surface area contributed by atoms with Crippen LogP contribution in [0.3, 0.4) is 0 Å². The van der Waals surface area contributed by atoms with Gasteiger partial charge in [0.25, 0.3) is 9.84 Å². The predicted molar refractivity (Wildman–Crippen MR) is 102 cm³/mol. The van der Waals surface area contributed by atoms with Gasteiger partial charge in [-0.1, -0.05) is 67.6 Å². The van der Waals surface area contributed by atoms with Crippen LogP contribution in [0.1, 0.15) is 12.5 Å². The van der Waals surface area contributed by atoms with Crippen molar-refractivity contribution < 1.29 is 26.7 Å². The van der Waals surface area contributed by atoms with Gasteiger partial charge in [0, 0.05) is 11.1 Å². The molecule has 28 heavy (non-hydrogen) atoms. The minimum Gasteiger partial charge on any atom is -0.507 e. The van der Waals surface area contributed by atoms with Crippen molar-refractivity contribution in [3.05, 3.63) is 72.3 Å². The normalized spacial score (nSPS) is 12.1. The topological polar surface area (TPSA) is 54.4 Å². The van der Waals surface area contributed by atoms with E-state index >= 15 is 0 Å². The minimum atomic E-state index is -5.61. The van der Waals surface area contributed by atoms with Gasteiger partial charge in [0.15, 0.2) is 0 Å². The summed E-state index contributed by atoms with van der Waals surface area (Å²) in [7, 11) is -5.61. The maximum absolute atomic E-state index is 13.4. The lowest BCUT2D eigenvalue weighted by molar-refractivity contribution is -0.0436. The molecule has 3 aromatic carbocycles. The Hall–Kier alpha value is -2.80. The zero-order valence-corrected chi connectivity index (χ0v) is 15.7. The van der Waals surface area contributed by atoms with Crippen molar-refractivity contribution in [3.63, 3.8) is 0 Å². The standard InChI is InChI=1S/C21H17F3O3S/c1-2-16-18(28(26,27)21(22,23)24)13-17(14-9-5-3-6-10-14)20(25)19(16)15-11-7-4-8-12-15/h3-13,25H,2H2,1H3. The first kappa shape index (κ1) is 19.9. The number of rotatable bonds is 4. The summed E-state index contributed by atoms with van der Waals surface area (Å²) in [6, 6.07) is 17.4. The van der Waals surface area contributed by atoms with E-state index in [0.29, 0.717) is 11.1 Å². The fourth-order valence-electron chi connectivity index (χ4n) is 3.16. The minimum absolute atomic E-state index is 0.00248. The molecule has 7 heteroatoms. The Balaban J connectivity index is 2.47. The van der Waals surface area contributed by atoms with Gasteiger partial charge in [-0.25, -0.2) is 8.42 Å². The first-order valence-electron chi connectivity index (χ1n) is 8.49. The molecular formula is C21H17F3O3S. The molecule has 0 heterocycles. The number of phenolic OH excluding ortho intramolecular Hbond substituents is 1. The second kappa shape index (κ2) is 7.31. The Morgan fingerprint density at radius 3 is 1.86 bits per heavy atom. The van der Waals surface area contributed by atoms with E-state index in [2.05, 4.69) is 0 Å². The number of alkyl halides is 3. The molecule has 0 fully saturated rings. The SMILES string of the molecule is CCc1c(S(=O)(=O)C(F)(F)F)cc(-c2ccccc2)c(O)c1-c1ccccc1. The van der Waals surface area contributed by atoms with Crippen molar-refractivity contribution >= 4 is 9.84 Å². The third-order valence-corrected chi connectivity index (χ3v) is 6.01. The van der Waals surface area contributed by atoms with Crippen molar-refractivity contribution in [3.8, 4) is 28.0 Å². The van der Waals surface area contributed by atoms with E-state index in [4.69, 9.17) is 0 Å². The highest BCUT2D eigenvalue weighted by Gasteiger charge is 2.48. The number of aromatic hydroxyl groups is 1. The molecule has 3 aromatic rings. The molecule has 0 aliphatic heterocycles. The molecule has 146 valence electrons. The summed E-state index contributed by atoms with van der Waals surface area (Å²) in [5.74, 6) is -0.254. The van der Waals surface area contributed by atoms with Crippen LogP contribution in [0.4, 0.5) is 13.2 Å². The fraction of sp³-hybridized carbons (Fsp3) is 0.143. The van der Waals surface area contributed by atoms with Crippen LogP contribution < -0.4 is 0 Å². The fourth-order valence-corrected chi connectivity index (χ4v) is 4.25. The van der Waals surface area contributed by atoms with Gasteiger partial charge >= 0.3 is 5.51 Å². The Labute approximate surface area is 161 Å². The third-order valence-electron chi connectivity index (χ3n) is 4.46. The highest BCUT2D eigenvalue weighted by Crippen LogP contribution is 2.46. The molecule has 1 N–H and O–H groups in total. The van der Waals surface area contributed by atoms with Crippen LogP contribution in [0.2, 0.25) is 0 Å². The number of hydrogen-bond acceptors (Lipinski definition) is 3. The molecule has 3 nitrogen and oxygen atoms in total. The average molecular weight is 406 g/mol. The lowest BCUT2D eigenvalue weighted by atomic mass is 9.92. The second-order valence-corrected chi connectivity index (χ2v) is 8.07. The van der Waals surface area contributed by atoms with Gasteiger partial charge < -0.3 is 5.11 Å². The van der Waals surface area contributed by atoms with Crippen LogP contribution in [0.5, 0.6) is 5.75 Å². The molecule has 0 radical (unpaired) electrons. The van der Waals surface area contributed by atoms with E-state index in [1.807, 2.05) is 0 Å². The summed E-state index contributed by atoms with van der Waals surface area (Å²) in [5.41, 5.74) is -4.55. The summed E-state index contributed by atoms with van der Waals surface area (Å²) in [6.45, 7) is 1.55. The molecule has 0 saturated carbocycles. The van der Waals surface area contributed by atoms with E-state index < -0.39 is 20.2 Å². The largest absolute Gasteiger partial charge is 0.507 e. The molecule has 0 atom stereocenters. The van der Waals surface area contributed by atoms with Gasteiger partial charge in [0.1, 0.15) is 5.75 Å². The van der Waals surface area contributed by atoms with E-state index in [0.717, 1.165) is 6.07 Å². The molecule has 0 spiro atoms. The second-order valence-electron chi connectivity index (χ2n) is 6.16. The Morgan fingerprint density at radius 2 is 1.39 bits per heavy atom. The molecule has 0 bridgehead atoms. The predicted octanol–water partition coefficient (Wildman–Crippen LogP) is 5.58. The molecule has 0 unspecified atom stereocenters. The molecule has 0 aliphatic carbocycles. The lowest BCUT2D eigenvalue weighted by Crippen LogP contribution is -2.24. The van der Waals surface area contributed by atoms with Gasteiger partial charge in [-0.05, 0) is 29.2 Å². The monoisotopic (exact) mass is 406 g/mol. The number of sulfone groups is 1. The summed E-state index contributed by atoms with van der Waals surface area (Å²) < 4.78 is 64.7. The van der Waals surface area contributed by atoms with Crippen molar-refractivity contribution in [2.45, 2.75) is 23.7 Å². The molecule has 0 aliphatic rings. The van der Waals surface area contributed by atoms with Crippen molar-refractivity contribution in [1.82, 2.24) is 0 Å². The van der Waals surface area contributed by atoms with E-state index in [9.17, 15) is 26.7 Å². The number of hydrogen-bond donors (Lipinski definition) is 1. The summed E-state index contributed by atoms with van der Waals surface area (Å²) in [4.78, 5) is -0.835. The summed E-state index contributed by atoms with van der Waals surface area (Å²) >= 11 is 0. The lowest BCUT2D eigenvalue weighted by Gasteiger charge is -2.20. The highest BCUT2D eigenvalue weighted by molar-refractivity contribution is 7.92. The Morgan fingerprint density at radius 1 is 0.893 bits per heavy atom.